The molecule has 1 aromatic heterocycles. The van der Waals surface area contributed by atoms with E-state index in [2.05, 4.69) is 13.8 Å². The summed E-state index contributed by atoms with van der Waals surface area (Å²) in [6.07, 6.45) is 7.83. The highest BCUT2D eigenvalue weighted by atomic mass is 16.5. The Morgan fingerprint density at radius 1 is 1.14 bits per heavy atom. The number of rotatable bonds is 9. The molecule has 6 nitrogen and oxygen atoms in total. The van der Waals surface area contributed by atoms with Crippen LogP contribution in [0.3, 0.4) is 0 Å². The predicted octanol–water partition coefficient (Wildman–Crippen LogP) is 3.46. The molecule has 2 fully saturated rings. The Hall–Kier alpha value is -1.82. The molecule has 28 heavy (non-hydrogen) atoms. The summed E-state index contributed by atoms with van der Waals surface area (Å²) in [5.41, 5.74) is 0. The van der Waals surface area contributed by atoms with Gasteiger partial charge in [-0.05, 0) is 43.7 Å². The van der Waals surface area contributed by atoms with Crippen LogP contribution in [-0.2, 0) is 20.9 Å². The highest BCUT2D eigenvalue weighted by Crippen LogP contribution is 2.27. The SMILES string of the molecule is CC(C)CN(CC(=O)N(Cc1ccco1)CC1CCCO1)C(=O)C1CCCC1. The fourth-order valence-corrected chi connectivity index (χ4v) is 4.25. The normalized spacial score (nSPS) is 20.0. The van der Waals surface area contributed by atoms with Gasteiger partial charge in [0, 0.05) is 25.6 Å². The Balaban J connectivity index is 1.67. The van der Waals surface area contributed by atoms with Gasteiger partial charge in [0.2, 0.25) is 11.8 Å². The molecular formula is C22H34N2O4. The number of hydrogen-bond donors (Lipinski definition) is 0. The van der Waals surface area contributed by atoms with Crippen molar-refractivity contribution in [3.05, 3.63) is 24.2 Å². The van der Waals surface area contributed by atoms with Crippen LogP contribution >= 0.6 is 0 Å². The number of carbonyl (C=O) groups is 2. The zero-order valence-electron chi connectivity index (χ0n) is 17.3. The van der Waals surface area contributed by atoms with Crippen LogP contribution in [0.2, 0.25) is 0 Å². The fourth-order valence-electron chi connectivity index (χ4n) is 4.25. The van der Waals surface area contributed by atoms with Gasteiger partial charge in [-0.25, -0.2) is 0 Å². The minimum Gasteiger partial charge on any atom is -0.467 e. The van der Waals surface area contributed by atoms with Crippen LogP contribution in [0.25, 0.3) is 0 Å². The predicted molar refractivity (Wildman–Crippen MR) is 106 cm³/mol. The van der Waals surface area contributed by atoms with Crippen LogP contribution in [0.1, 0.15) is 58.1 Å². The Bertz CT molecular complexity index is 616. The smallest absolute Gasteiger partial charge is 0.242 e. The van der Waals surface area contributed by atoms with Crippen molar-refractivity contribution in [2.75, 3.05) is 26.2 Å². The van der Waals surface area contributed by atoms with Crippen molar-refractivity contribution in [3.63, 3.8) is 0 Å². The summed E-state index contributed by atoms with van der Waals surface area (Å²) in [6, 6.07) is 3.71. The molecule has 0 radical (unpaired) electrons. The molecule has 2 heterocycles. The number of ether oxygens (including phenoxy) is 1. The van der Waals surface area contributed by atoms with E-state index in [1.807, 2.05) is 12.1 Å². The lowest BCUT2D eigenvalue weighted by atomic mass is 10.1. The van der Waals surface area contributed by atoms with Crippen LogP contribution < -0.4 is 0 Å². The second-order valence-corrected chi connectivity index (χ2v) is 8.58. The molecule has 0 N–H and O–H groups in total. The third kappa shape index (κ3) is 5.84. The van der Waals surface area contributed by atoms with E-state index in [-0.39, 0.29) is 30.4 Å². The minimum absolute atomic E-state index is 0.0288. The summed E-state index contributed by atoms with van der Waals surface area (Å²) in [5.74, 6) is 1.29. The second-order valence-electron chi connectivity index (χ2n) is 8.58. The van der Waals surface area contributed by atoms with Gasteiger partial charge in [-0.3, -0.25) is 9.59 Å². The summed E-state index contributed by atoms with van der Waals surface area (Å²) in [4.78, 5) is 29.8. The van der Waals surface area contributed by atoms with Gasteiger partial charge in [0.05, 0.1) is 25.5 Å². The largest absolute Gasteiger partial charge is 0.467 e. The molecule has 1 aliphatic heterocycles. The molecule has 1 saturated carbocycles. The monoisotopic (exact) mass is 390 g/mol. The van der Waals surface area contributed by atoms with E-state index in [0.717, 1.165) is 50.9 Å². The van der Waals surface area contributed by atoms with Crippen LogP contribution in [-0.4, -0.2) is 54.0 Å². The Kier molecular flexibility index (Phi) is 7.54. The molecule has 0 spiro atoms. The van der Waals surface area contributed by atoms with Gasteiger partial charge in [-0.1, -0.05) is 26.7 Å². The molecule has 1 saturated heterocycles. The molecule has 156 valence electrons. The maximum atomic E-state index is 13.2. The molecule has 0 bridgehead atoms. The average Bonchev–Trinajstić information content (AvgIpc) is 3.42. The topological polar surface area (TPSA) is 63.0 Å². The minimum atomic E-state index is -0.0288. The molecule has 1 aromatic rings. The van der Waals surface area contributed by atoms with Gasteiger partial charge in [0.15, 0.2) is 0 Å². The molecule has 1 atom stereocenters. The lowest BCUT2D eigenvalue weighted by molar-refractivity contribution is -0.144. The van der Waals surface area contributed by atoms with E-state index >= 15 is 0 Å². The molecule has 1 aliphatic carbocycles. The van der Waals surface area contributed by atoms with Crippen molar-refractivity contribution in [3.8, 4) is 0 Å². The van der Waals surface area contributed by atoms with Crippen LogP contribution in [0.5, 0.6) is 0 Å². The van der Waals surface area contributed by atoms with Crippen molar-refractivity contribution < 1.29 is 18.7 Å². The van der Waals surface area contributed by atoms with E-state index in [0.29, 0.717) is 25.6 Å². The molecule has 2 aliphatic rings. The molecular weight excluding hydrogens is 356 g/mol. The molecule has 2 amide bonds. The Morgan fingerprint density at radius 3 is 2.54 bits per heavy atom. The quantitative estimate of drug-likeness (QED) is 0.648. The van der Waals surface area contributed by atoms with Gasteiger partial charge in [-0.15, -0.1) is 0 Å². The first kappa shape index (κ1) is 20.9. The molecule has 0 aromatic carbocycles. The summed E-state index contributed by atoms with van der Waals surface area (Å²) in [6.45, 7) is 6.66. The highest BCUT2D eigenvalue weighted by Gasteiger charge is 2.31. The van der Waals surface area contributed by atoms with Crippen molar-refractivity contribution in [2.45, 2.75) is 65.0 Å². The lowest BCUT2D eigenvalue weighted by Crippen LogP contribution is -2.47. The first-order valence-corrected chi connectivity index (χ1v) is 10.7. The van der Waals surface area contributed by atoms with Gasteiger partial charge < -0.3 is 19.0 Å². The van der Waals surface area contributed by atoms with Crippen LogP contribution in [0.15, 0.2) is 22.8 Å². The number of furan rings is 1. The molecule has 6 heteroatoms. The third-order valence-electron chi connectivity index (χ3n) is 5.66. The maximum Gasteiger partial charge on any atom is 0.242 e. The van der Waals surface area contributed by atoms with Crippen molar-refractivity contribution >= 4 is 11.8 Å². The average molecular weight is 391 g/mol. The summed E-state index contributed by atoms with van der Waals surface area (Å²) in [7, 11) is 0. The van der Waals surface area contributed by atoms with E-state index in [1.165, 1.54) is 0 Å². The van der Waals surface area contributed by atoms with Gasteiger partial charge in [0.1, 0.15) is 5.76 Å². The first-order valence-electron chi connectivity index (χ1n) is 10.7. The van der Waals surface area contributed by atoms with E-state index < -0.39 is 0 Å². The number of nitrogens with zero attached hydrogens (tertiary/aromatic N) is 2. The third-order valence-corrected chi connectivity index (χ3v) is 5.66. The van der Waals surface area contributed by atoms with Crippen LogP contribution in [0.4, 0.5) is 0 Å². The molecule has 3 rings (SSSR count). The Labute approximate surface area is 168 Å². The lowest BCUT2D eigenvalue weighted by Gasteiger charge is -2.31. The maximum absolute atomic E-state index is 13.2. The molecule has 1 unspecified atom stereocenters. The van der Waals surface area contributed by atoms with Crippen molar-refractivity contribution in [1.29, 1.82) is 0 Å². The van der Waals surface area contributed by atoms with Gasteiger partial charge in [0.25, 0.3) is 0 Å². The van der Waals surface area contributed by atoms with Crippen molar-refractivity contribution in [1.82, 2.24) is 9.80 Å². The highest BCUT2D eigenvalue weighted by molar-refractivity contribution is 5.86. The fraction of sp³-hybridized carbons (Fsp3) is 0.727. The number of amides is 2. The number of carbonyl (C=O) groups excluding carboxylic acids is 2. The summed E-state index contributed by atoms with van der Waals surface area (Å²) >= 11 is 0. The van der Waals surface area contributed by atoms with Gasteiger partial charge in [-0.2, -0.15) is 0 Å². The second kappa shape index (κ2) is 10.1. The number of hydrogen-bond acceptors (Lipinski definition) is 4. The zero-order valence-corrected chi connectivity index (χ0v) is 17.3. The van der Waals surface area contributed by atoms with Crippen molar-refractivity contribution in [2.24, 2.45) is 11.8 Å². The van der Waals surface area contributed by atoms with E-state index in [4.69, 9.17) is 9.15 Å². The zero-order chi connectivity index (χ0) is 19.9. The van der Waals surface area contributed by atoms with Gasteiger partial charge >= 0.3 is 0 Å². The summed E-state index contributed by atoms with van der Waals surface area (Å²) < 4.78 is 11.2. The summed E-state index contributed by atoms with van der Waals surface area (Å²) in [5, 5.41) is 0. The first-order chi connectivity index (χ1) is 13.5. The van der Waals surface area contributed by atoms with E-state index in [9.17, 15) is 9.59 Å². The Morgan fingerprint density at radius 2 is 1.93 bits per heavy atom. The standard InChI is InChI=1S/C22H34N2O4/c1-17(2)13-24(22(26)18-7-3-4-8-18)16-21(25)23(14-19-9-5-11-27-19)15-20-10-6-12-28-20/h5,9,11,17-18,20H,3-4,6-8,10,12-16H2,1-2H3. The van der Waals surface area contributed by atoms with E-state index in [1.54, 1.807) is 16.1 Å². The van der Waals surface area contributed by atoms with Crippen LogP contribution in [0, 0.1) is 11.8 Å².